The highest BCUT2D eigenvalue weighted by Gasteiger charge is 1.94. The monoisotopic (exact) mass is 201 g/mol. The summed E-state index contributed by atoms with van der Waals surface area (Å²) >= 11 is 0. The third-order valence-corrected chi connectivity index (χ3v) is 2.31. The van der Waals surface area contributed by atoms with E-state index in [1.807, 2.05) is 0 Å². The van der Waals surface area contributed by atoms with Gasteiger partial charge in [0, 0.05) is 13.2 Å². The third-order valence-electron chi connectivity index (χ3n) is 2.31. The lowest BCUT2D eigenvalue weighted by Crippen LogP contribution is -2.05. The van der Waals surface area contributed by atoms with Crippen LogP contribution in [0.2, 0.25) is 0 Å². The van der Waals surface area contributed by atoms with Gasteiger partial charge in [0.05, 0.1) is 0 Å². The number of nitrogens with two attached hydrogens (primary N) is 1. The number of ether oxygens (including phenoxy) is 1. The molecule has 0 spiro atoms. The van der Waals surface area contributed by atoms with Gasteiger partial charge in [0.25, 0.3) is 0 Å². The first-order chi connectivity index (χ1) is 6.77. The molecule has 0 aromatic heterocycles. The highest BCUT2D eigenvalue weighted by molar-refractivity contribution is 4.47. The van der Waals surface area contributed by atoms with E-state index < -0.39 is 0 Å². The van der Waals surface area contributed by atoms with Crippen molar-refractivity contribution in [2.24, 2.45) is 11.7 Å². The maximum absolute atomic E-state index is 5.42. The van der Waals surface area contributed by atoms with Gasteiger partial charge in [0.1, 0.15) is 0 Å². The molecule has 0 aromatic carbocycles. The zero-order valence-electron chi connectivity index (χ0n) is 9.93. The first kappa shape index (κ1) is 13.9. The fourth-order valence-corrected chi connectivity index (χ4v) is 1.40. The summed E-state index contributed by atoms with van der Waals surface area (Å²) < 4.78 is 5.42. The molecule has 0 aliphatic carbocycles. The van der Waals surface area contributed by atoms with Gasteiger partial charge in [-0.25, -0.2) is 0 Å². The fraction of sp³-hybridized carbons (Fsp3) is 1.00. The first-order valence-corrected chi connectivity index (χ1v) is 6.05. The van der Waals surface area contributed by atoms with E-state index >= 15 is 0 Å². The van der Waals surface area contributed by atoms with Crippen LogP contribution in [0.15, 0.2) is 0 Å². The molecule has 0 amide bonds. The van der Waals surface area contributed by atoms with E-state index in [1.54, 1.807) is 0 Å². The summed E-state index contributed by atoms with van der Waals surface area (Å²) in [6.45, 7) is 7.07. The molecule has 0 saturated carbocycles. The minimum atomic E-state index is 0.744. The molecule has 0 aliphatic rings. The molecule has 0 aliphatic heterocycles. The van der Waals surface area contributed by atoms with E-state index in [0.29, 0.717) is 0 Å². The molecule has 0 heterocycles. The molecular weight excluding hydrogens is 174 g/mol. The largest absolute Gasteiger partial charge is 0.381 e. The number of unbranched alkanes of at least 4 members (excludes halogenated alkanes) is 3. The van der Waals surface area contributed by atoms with Crippen LogP contribution in [-0.2, 0) is 4.74 Å². The van der Waals surface area contributed by atoms with Crippen LogP contribution in [0.3, 0.4) is 0 Å². The highest BCUT2D eigenvalue weighted by atomic mass is 16.5. The molecular formula is C12H27NO. The maximum atomic E-state index is 5.42. The molecule has 2 N–H and O–H groups in total. The lowest BCUT2D eigenvalue weighted by atomic mass is 10.0. The second-order valence-electron chi connectivity index (χ2n) is 4.35. The van der Waals surface area contributed by atoms with E-state index in [-0.39, 0.29) is 0 Å². The van der Waals surface area contributed by atoms with Crippen LogP contribution in [0.1, 0.15) is 52.4 Å². The minimum Gasteiger partial charge on any atom is -0.381 e. The molecule has 0 atom stereocenters. The van der Waals surface area contributed by atoms with Gasteiger partial charge in [-0.05, 0) is 25.3 Å². The Morgan fingerprint density at radius 1 is 0.929 bits per heavy atom. The number of hydrogen-bond donors (Lipinski definition) is 1. The van der Waals surface area contributed by atoms with Crippen LogP contribution in [0.4, 0.5) is 0 Å². The Morgan fingerprint density at radius 3 is 2.21 bits per heavy atom. The van der Waals surface area contributed by atoms with Crippen molar-refractivity contribution in [3.05, 3.63) is 0 Å². The first-order valence-electron chi connectivity index (χ1n) is 6.05. The van der Waals surface area contributed by atoms with E-state index in [2.05, 4.69) is 13.8 Å². The molecule has 2 heteroatoms. The zero-order chi connectivity index (χ0) is 10.6. The van der Waals surface area contributed by atoms with Crippen molar-refractivity contribution >= 4 is 0 Å². The second-order valence-corrected chi connectivity index (χ2v) is 4.35. The van der Waals surface area contributed by atoms with Gasteiger partial charge in [-0.1, -0.05) is 39.5 Å². The fourth-order valence-electron chi connectivity index (χ4n) is 1.40. The van der Waals surface area contributed by atoms with Gasteiger partial charge < -0.3 is 10.5 Å². The average Bonchev–Trinajstić information content (AvgIpc) is 2.15. The molecule has 14 heavy (non-hydrogen) atoms. The normalized spacial score (nSPS) is 11.1. The summed E-state index contributed by atoms with van der Waals surface area (Å²) in [6, 6.07) is 0. The summed E-state index contributed by atoms with van der Waals surface area (Å²) in [5.41, 5.74) is 5.36. The summed E-state index contributed by atoms with van der Waals surface area (Å²) in [5, 5.41) is 0. The second kappa shape index (κ2) is 11.0. The predicted octanol–water partition coefficient (Wildman–Crippen LogP) is 2.96. The molecule has 0 aromatic rings. The molecule has 0 saturated heterocycles. The van der Waals surface area contributed by atoms with Crippen LogP contribution in [-0.4, -0.2) is 19.8 Å². The smallest absolute Gasteiger partial charge is 0.0478 e. The summed E-state index contributed by atoms with van der Waals surface area (Å²) in [5.74, 6) is 0.857. The molecule has 0 bridgehead atoms. The molecule has 0 fully saturated rings. The van der Waals surface area contributed by atoms with Gasteiger partial charge in [0.15, 0.2) is 0 Å². The third kappa shape index (κ3) is 11.9. The van der Waals surface area contributed by atoms with Gasteiger partial charge in [-0.2, -0.15) is 0 Å². The van der Waals surface area contributed by atoms with E-state index in [9.17, 15) is 0 Å². The summed E-state index contributed by atoms with van der Waals surface area (Å²) in [7, 11) is 0. The van der Waals surface area contributed by atoms with Crippen LogP contribution in [0.25, 0.3) is 0 Å². The maximum Gasteiger partial charge on any atom is 0.0478 e. The summed E-state index contributed by atoms with van der Waals surface area (Å²) in [6.07, 6.45) is 7.62. The van der Waals surface area contributed by atoms with Gasteiger partial charge in [-0.3, -0.25) is 0 Å². The molecule has 0 unspecified atom stereocenters. The van der Waals surface area contributed by atoms with Crippen molar-refractivity contribution in [2.45, 2.75) is 52.4 Å². The Kier molecular flexibility index (Phi) is 10.9. The average molecular weight is 201 g/mol. The van der Waals surface area contributed by atoms with Crippen molar-refractivity contribution in [2.75, 3.05) is 19.8 Å². The van der Waals surface area contributed by atoms with Gasteiger partial charge in [0.2, 0.25) is 0 Å². The van der Waals surface area contributed by atoms with Crippen LogP contribution >= 0.6 is 0 Å². The van der Waals surface area contributed by atoms with Gasteiger partial charge >= 0.3 is 0 Å². The number of rotatable bonds is 10. The quantitative estimate of drug-likeness (QED) is 0.552. The Hall–Kier alpha value is -0.0800. The van der Waals surface area contributed by atoms with Crippen LogP contribution in [0.5, 0.6) is 0 Å². The standard InChI is InChI=1S/C12H27NO/c1-12(2)8-5-3-4-6-10-14-11-7-9-13/h12H,3-11,13H2,1-2H3. The van der Waals surface area contributed by atoms with Crippen molar-refractivity contribution in [3.8, 4) is 0 Å². The van der Waals surface area contributed by atoms with Crippen LogP contribution in [0, 0.1) is 5.92 Å². The highest BCUT2D eigenvalue weighted by Crippen LogP contribution is 2.09. The topological polar surface area (TPSA) is 35.2 Å². The zero-order valence-corrected chi connectivity index (χ0v) is 9.93. The van der Waals surface area contributed by atoms with E-state index in [0.717, 1.165) is 32.1 Å². The molecule has 2 nitrogen and oxygen atoms in total. The minimum absolute atomic E-state index is 0.744. The lowest BCUT2D eigenvalue weighted by molar-refractivity contribution is 0.129. The van der Waals surface area contributed by atoms with E-state index in [4.69, 9.17) is 10.5 Å². The van der Waals surface area contributed by atoms with E-state index in [1.165, 1.54) is 32.1 Å². The SMILES string of the molecule is CC(C)CCCCCCOCCCN. The summed E-state index contributed by atoms with van der Waals surface area (Å²) in [4.78, 5) is 0. The Bertz CT molecular complexity index is 104. The lowest BCUT2D eigenvalue weighted by Gasteiger charge is -2.05. The van der Waals surface area contributed by atoms with Crippen molar-refractivity contribution < 1.29 is 4.74 Å². The van der Waals surface area contributed by atoms with Gasteiger partial charge in [-0.15, -0.1) is 0 Å². The Morgan fingerprint density at radius 2 is 1.57 bits per heavy atom. The molecule has 0 rings (SSSR count). The number of hydrogen-bond acceptors (Lipinski definition) is 2. The predicted molar refractivity (Wildman–Crippen MR) is 62.4 cm³/mol. The van der Waals surface area contributed by atoms with Crippen LogP contribution < -0.4 is 5.73 Å². The van der Waals surface area contributed by atoms with Crippen molar-refractivity contribution in [1.29, 1.82) is 0 Å². The molecule has 0 radical (unpaired) electrons. The Labute approximate surface area is 89.2 Å². The van der Waals surface area contributed by atoms with Crippen molar-refractivity contribution in [1.82, 2.24) is 0 Å². The van der Waals surface area contributed by atoms with Crippen molar-refractivity contribution in [3.63, 3.8) is 0 Å². The Balaban J connectivity index is 2.85. The molecule has 86 valence electrons.